The summed E-state index contributed by atoms with van der Waals surface area (Å²) in [6.45, 7) is 19.7. The predicted molar refractivity (Wildman–Crippen MR) is 401 cm³/mol. The maximum atomic E-state index is 4.62. The van der Waals surface area contributed by atoms with Gasteiger partial charge in [-0.2, -0.15) is 0 Å². The van der Waals surface area contributed by atoms with E-state index >= 15 is 0 Å². The molecule has 0 unspecified atom stereocenters. The van der Waals surface area contributed by atoms with Crippen molar-refractivity contribution in [3.05, 3.63) is 369 Å². The van der Waals surface area contributed by atoms with Gasteiger partial charge in [-0.15, -0.1) is 177 Å². The molecule has 14 rings (SSSR count). The zero-order valence-corrected chi connectivity index (χ0v) is 67.2. The van der Waals surface area contributed by atoms with Crippen molar-refractivity contribution < 1.29 is 80.4 Å². The van der Waals surface area contributed by atoms with Crippen LogP contribution in [0.25, 0.3) is 101 Å². The van der Waals surface area contributed by atoms with Crippen molar-refractivity contribution in [2.75, 3.05) is 0 Å². The minimum Gasteiger partial charge on any atom is -0.305 e. The number of aromatic nitrogens is 5. The molecule has 9 aromatic carbocycles. The Balaban J connectivity index is 0.000000197. The Bertz CT molecular complexity index is 4610. The van der Waals surface area contributed by atoms with E-state index in [-0.39, 0.29) is 91.3 Å². The molecule has 0 aliphatic carbocycles. The summed E-state index contributed by atoms with van der Waals surface area (Å²) in [5.41, 5.74) is 24.8. The summed E-state index contributed by atoms with van der Waals surface area (Å²) in [4.78, 5) is 22.4. The average Bonchev–Trinajstić information content (AvgIpc) is 0.856. The van der Waals surface area contributed by atoms with Crippen molar-refractivity contribution in [3.63, 3.8) is 0 Å². The molecule has 9 heteroatoms. The van der Waals surface area contributed by atoms with Crippen LogP contribution in [0.15, 0.2) is 316 Å². The van der Waals surface area contributed by atoms with Gasteiger partial charge in [0.1, 0.15) is 0 Å². The van der Waals surface area contributed by atoms with Gasteiger partial charge in [0.15, 0.2) is 0 Å². The van der Waals surface area contributed by atoms with Crippen LogP contribution in [-0.2, 0) is 91.3 Å². The second-order valence-electron chi connectivity index (χ2n) is 25.6. The van der Waals surface area contributed by atoms with Crippen LogP contribution in [0.3, 0.4) is 0 Å². The summed E-state index contributed by atoms with van der Waals surface area (Å²) >= 11 is 0. The summed E-state index contributed by atoms with van der Waals surface area (Å²) in [6.07, 6.45) is 9.49. The third-order valence-corrected chi connectivity index (χ3v) is 16.0. The fourth-order valence-electron chi connectivity index (χ4n) is 10.3. The third-order valence-electron chi connectivity index (χ3n) is 16.0. The molecule has 0 atom stereocenters. The van der Waals surface area contributed by atoms with E-state index in [2.05, 4.69) is 299 Å². The minimum atomic E-state index is 0. The summed E-state index contributed by atoms with van der Waals surface area (Å²) in [5, 5.41) is 0. The zero-order valence-electron chi connectivity index (χ0n) is 57.7. The zero-order chi connectivity index (χ0) is 67.1. The Labute approximate surface area is 648 Å². The molecule has 14 aromatic rings. The van der Waals surface area contributed by atoms with Crippen molar-refractivity contribution in [1.29, 1.82) is 0 Å². The average molecular weight is 2010 g/mol. The van der Waals surface area contributed by atoms with Gasteiger partial charge >= 0.3 is 0 Å². The van der Waals surface area contributed by atoms with E-state index in [0.717, 1.165) is 56.3 Å². The van der Waals surface area contributed by atoms with Crippen molar-refractivity contribution in [3.8, 4) is 101 Å². The number of hydrogen-bond donors (Lipinski definition) is 0. The molecule has 0 fully saturated rings. The summed E-state index contributed by atoms with van der Waals surface area (Å²) in [6, 6.07) is 113. The quantitative estimate of drug-likeness (QED) is 0.128. The molecule has 100 heavy (non-hydrogen) atoms. The Morgan fingerprint density at radius 2 is 0.640 bits per heavy atom. The van der Waals surface area contributed by atoms with E-state index in [9.17, 15) is 0 Å². The largest absolute Gasteiger partial charge is 0.305 e. The number of hydrogen-bond acceptors (Lipinski definition) is 5. The Hall–Kier alpha value is -8.67. The fraction of sp³-hybridized carbons (Fsp3) is 0.132. The van der Waals surface area contributed by atoms with Gasteiger partial charge in [-0.1, -0.05) is 231 Å². The van der Waals surface area contributed by atoms with Crippen molar-refractivity contribution in [2.45, 2.75) is 79.1 Å². The van der Waals surface area contributed by atoms with Crippen LogP contribution >= 0.6 is 0 Å². The molecule has 0 saturated carbocycles. The summed E-state index contributed by atoms with van der Waals surface area (Å²) in [7, 11) is 0. The number of rotatable bonds is 10. The molecular weight excluding hydrogens is 1930 g/mol. The van der Waals surface area contributed by atoms with Crippen LogP contribution in [0.1, 0.15) is 83.6 Å². The van der Waals surface area contributed by atoms with Crippen LogP contribution in [-0.4, -0.2) is 24.9 Å². The molecule has 0 bridgehead atoms. The van der Waals surface area contributed by atoms with Gasteiger partial charge in [-0.25, -0.2) is 0 Å². The second kappa shape index (κ2) is 39.9. The van der Waals surface area contributed by atoms with Crippen LogP contribution in [0.4, 0.5) is 0 Å². The molecule has 5 nitrogen and oxygen atoms in total. The van der Waals surface area contributed by atoms with Gasteiger partial charge < -0.3 is 24.9 Å². The third kappa shape index (κ3) is 23.7. The van der Waals surface area contributed by atoms with Gasteiger partial charge in [0, 0.05) is 111 Å². The molecule has 510 valence electrons. The fourth-order valence-corrected chi connectivity index (χ4v) is 10.3. The molecule has 0 spiro atoms. The van der Waals surface area contributed by atoms with Crippen molar-refractivity contribution in [2.24, 2.45) is 0 Å². The number of nitrogens with zero attached hydrogens (tertiary/aromatic N) is 5. The van der Waals surface area contributed by atoms with Crippen LogP contribution in [0.2, 0.25) is 0 Å². The van der Waals surface area contributed by atoms with Crippen LogP contribution in [0.5, 0.6) is 0 Å². The van der Waals surface area contributed by atoms with Crippen molar-refractivity contribution >= 4 is 0 Å². The Morgan fingerprint density at radius 1 is 0.270 bits per heavy atom. The first-order valence-electron chi connectivity index (χ1n) is 32.6. The molecule has 0 amide bonds. The number of aryl methyl sites for hydroxylation is 1. The standard InChI is InChI=1S/2C21H20N.C20H18N.C18H14N.C11H8N.4Ir/c1-21(2,3)19-12-13-22-20(15-19)18-11-7-10-17(14-18)16-8-5-4-6-9-16;1-21(2,3)19-12-13-20(22-15-19)18-11-7-10-17(14-18)16-8-5-4-6-9-16;1-15(2)19-11-12-20(21-14-19)18-10-6-9-17(13-18)16-7-4-3-5-8-16;1-14-10-11-18(19-13-14)17-9-5-8-16(12-17)15-6-3-2-4-7-15;1-2-6-10(7-3-1)11-8-4-5-9-12-11;;;;/h2*4-10,12-15H,1-3H3;3-9,11-15H,1-2H3;2-8,10-13H,1H3;1-6,8-9H;;;;/q5*-1;;;;. The molecular formula is C91H80Ir4N5-5. The van der Waals surface area contributed by atoms with Gasteiger partial charge in [-0.3, -0.25) is 0 Å². The van der Waals surface area contributed by atoms with Gasteiger partial charge in [-0.05, 0) is 109 Å². The number of benzene rings is 9. The molecule has 4 radical (unpaired) electrons. The maximum Gasteiger partial charge on any atom is 0.0198 e. The van der Waals surface area contributed by atoms with E-state index < -0.39 is 0 Å². The van der Waals surface area contributed by atoms with E-state index in [4.69, 9.17) is 0 Å². The second-order valence-corrected chi connectivity index (χ2v) is 25.6. The van der Waals surface area contributed by atoms with Gasteiger partial charge in [0.2, 0.25) is 0 Å². The van der Waals surface area contributed by atoms with E-state index in [0.29, 0.717) is 5.92 Å². The first-order chi connectivity index (χ1) is 46.6. The van der Waals surface area contributed by atoms with E-state index in [1.54, 1.807) is 6.20 Å². The monoisotopic (exact) mass is 2010 g/mol. The molecule has 0 saturated heterocycles. The normalized spacial score (nSPS) is 10.4. The van der Waals surface area contributed by atoms with Crippen LogP contribution in [0, 0.1) is 37.3 Å². The first kappa shape index (κ1) is 80.3. The topological polar surface area (TPSA) is 64.5 Å². The van der Waals surface area contributed by atoms with E-state index in [1.807, 2.05) is 129 Å². The molecule has 0 aliphatic heterocycles. The Kier molecular flexibility index (Phi) is 32.1. The molecule has 0 N–H and O–H groups in total. The smallest absolute Gasteiger partial charge is 0.0198 e. The minimum absolute atomic E-state index is 0. The maximum absolute atomic E-state index is 4.62. The molecule has 5 aromatic heterocycles. The molecule has 0 aliphatic rings. The summed E-state index contributed by atoms with van der Waals surface area (Å²) < 4.78 is 0. The van der Waals surface area contributed by atoms with Gasteiger partial charge in [0.05, 0.1) is 0 Å². The van der Waals surface area contributed by atoms with E-state index in [1.165, 1.54) is 66.8 Å². The van der Waals surface area contributed by atoms with Crippen molar-refractivity contribution in [1.82, 2.24) is 24.9 Å². The predicted octanol–water partition coefficient (Wildman–Crippen LogP) is 23.4. The molecule has 5 heterocycles. The summed E-state index contributed by atoms with van der Waals surface area (Å²) in [5.74, 6) is 0.506. The van der Waals surface area contributed by atoms with Crippen LogP contribution < -0.4 is 0 Å². The SMILES string of the molecule is CC(C)(C)c1ccc(-c2[c-]ccc(-c3ccccc3)c2)nc1.CC(C)(C)c1ccnc(-c2[c-]ccc(-c3ccccc3)c2)c1.CC(C)c1ccc(-c2[c-]ccc(-c3ccccc3)c2)nc1.Cc1ccc(-c2[c-]ccc(-c3ccccc3)c2)nc1.[Ir].[Ir].[Ir].[Ir].[c-]1ccccc1-c1ccccn1. The number of pyridine rings is 5. The first-order valence-corrected chi connectivity index (χ1v) is 32.6. The Morgan fingerprint density at radius 3 is 0.990 bits per heavy atom. The van der Waals surface area contributed by atoms with Gasteiger partial charge in [0.25, 0.3) is 0 Å².